The molecule has 28 heavy (non-hydrogen) atoms. The zero-order valence-corrected chi connectivity index (χ0v) is 16.0. The monoisotopic (exact) mass is 384 g/mol. The number of hydrogen-bond donors (Lipinski definition) is 0. The number of aryl methyl sites for hydroxylation is 1. The van der Waals surface area contributed by atoms with Crippen LogP contribution >= 0.6 is 0 Å². The number of nitrogens with zero attached hydrogens (tertiary/aromatic N) is 4. The standard InChI is InChI=1S/C20H24N4O4/c1-15-12-16(28-21-15)13-22-8-10-23(11-9-22)19(25)6-7-24-17-4-2-3-5-18(17)27-14-20(24)26/h2-5,12H,6-11,13-14H2,1H3. The van der Waals surface area contributed by atoms with Gasteiger partial charge in [-0.05, 0) is 19.1 Å². The van der Waals surface area contributed by atoms with Gasteiger partial charge in [0.2, 0.25) is 5.91 Å². The Balaban J connectivity index is 1.28. The molecule has 0 bridgehead atoms. The molecule has 0 atom stereocenters. The SMILES string of the molecule is Cc1cc(CN2CCN(C(=O)CCN3C(=O)COc4ccccc43)CC2)on1. The third-order valence-electron chi connectivity index (χ3n) is 5.14. The van der Waals surface area contributed by atoms with Crippen LogP contribution in [0.25, 0.3) is 0 Å². The van der Waals surface area contributed by atoms with Gasteiger partial charge in [0, 0.05) is 45.2 Å². The lowest BCUT2D eigenvalue weighted by Crippen LogP contribution is -2.49. The maximum atomic E-state index is 12.6. The molecule has 2 aromatic rings. The van der Waals surface area contributed by atoms with Crippen molar-refractivity contribution < 1.29 is 18.8 Å². The molecule has 2 amide bonds. The molecule has 0 spiro atoms. The summed E-state index contributed by atoms with van der Waals surface area (Å²) in [7, 11) is 0. The van der Waals surface area contributed by atoms with E-state index in [0.29, 0.717) is 38.3 Å². The minimum atomic E-state index is -0.112. The van der Waals surface area contributed by atoms with Gasteiger partial charge in [-0.25, -0.2) is 0 Å². The fourth-order valence-electron chi connectivity index (χ4n) is 3.63. The normalized spacial score (nSPS) is 17.4. The predicted molar refractivity (Wildman–Crippen MR) is 102 cm³/mol. The summed E-state index contributed by atoms with van der Waals surface area (Å²) in [4.78, 5) is 30.6. The van der Waals surface area contributed by atoms with Crippen molar-refractivity contribution in [3.05, 3.63) is 41.8 Å². The number of anilines is 1. The zero-order valence-electron chi connectivity index (χ0n) is 16.0. The Labute approximate surface area is 163 Å². The fourth-order valence-corrected chi connectivity index (χ4v) is 3.63. The van der Waals surface area contributed by atoms with E-state index in [1.165, 1.54) is 0 Å². The molecule has 1 aromatic carbocycles. The van der Waals surface area contributed by atoms with E-state index in [2.05, 4.69) is 10.1 Å². The summed E-state index contributed by atoms with van der Waals surface area (Å²) >= 11 is 0. The van der Waals surface area contributed by atoms with Crippen molar-refractivity contribution in [1.82, 2.24) is 15.0 Å². The van der Waals surface area contributed by atoms with Crippen molar-refractivity contribution in [2.75, 3.05) is 44.2 Å². The number of benzene rings is 1. The van der Waals surface area contributed by atoms with Gasteiger partial charge in [0.15, 0.2) is 12.4 Å². The molecule has 0 unspecified atom stereocenters. The van der Waals surface area contributed by atoms with E-state index in [9.17, 15) is 9.59 Å². The van der Waals surface area contributed by atoms with Crippen LogP contribution in [0.5, 0.6) is 5.75 Å². The third kappa shape index (κ3) is 4.01. The van der Waals surface area contributed by atoms with Crippen LogP contribution in [0.3, 0.4) is 0 Å². The number of rotatable bonds is 5. The Bertz CT molecular complexity index is 857. The molecule has 8 nitrogen and oxygen atoms in total. The van der Waals surface area contributed by atoms with E-state index in [1.807, 2.05) is 42.2 Å². The predicted octanol–water partition coefficient (Wildman–Crippen LogP) is 1.44. The highest BCUT2D eigenvalue weighted by molar-refractivity contribution is 5.98. The van der Waals surface area contributed by atoms with Crippen molar-refractivity contribution in [3.8, 4) is 5.75 Å². The summed E-state index contributed by atoms with van der Waals surface area (Å²) in [5, 5.41) is 3.91. The van der Waals surface area contributed by atoms with Crippen LogP contribution in [-0.4, -0.2) is 66.1 Å². The molecule has 1 aromatic heterocycles. The molecule has 3 heterocycles. The van der Waals surface area contributed by atoms with Crippen LogP contribution in [-0.2, 0) is 16.1 Å². The van der Waals surface area contributed by atoms with Crippen molar-refractivity contribution in [2.45, 2.75) is 19.9 Å². The van der Waals surface area contributed by atoms with Gasteiger partial charge < -0.3 is 19.1 Å². The van der Waals surface area contributed by atoms with Gasteiger partial charge in [-0.2, -0.15) is 0 Å². The second-order valence-corrected chi connectivity index (χ2v) is 7.14. The van der Waals surface area contributed by atoms with E-state index in [0.717, 1.165) is 30.2 Å². The highest BCUT2D eigenvalue weighted by atomic mass is 16.5. The topological polar surface area (TPSA) is 79.1 Å². The van der Waals surface area contributed by atoms with E-state index in [1.54, 1.807) is 4.90 Å². The van der Waals surface area contributed by atoms with E-state index >= 15 is 0 Å². The summed E-state index contributed by atoms with van der Waals surface area (Å²) in [6, 6.07) is 9.36. The van der Waals surface area contributed by atoms with Crippen LogP contribution in [0, 0.1) is 6.92 Å². The first-order valence-corrected chi connectivity index (χ1v) is 9.54. The highest BCUT2D eigenvalue weighted by Gasteiger charge is 2.27. The molecule has 0 saturated carbocycles. The quantitative estimate of drug-likeness (QED) is 0.776. The molecule has 2 aliphatic heterocycles. The van der Waals surface area contributed by atoms with Crippen LogP contribution in [0.1, 0.15) is 17.9 Å². The number of hydrogen-bond acceptors (Lipinski definition) is 6. The minimum Gasteiger partial charge on any atom is -0.482 e. The molecule has 0 N–H and O–H groups in total. The number of ether oxygens (including phenoxy) is 1. The largest absolute Gasteiger partial charge is 0.482 e. The van der Waals surface area contributed by atoms with Gasteiger partial charge in [0.05, 0.1) is 17.9 Å². The Morgan fingerprint density at radius 2 is 1.96 bits per heavy atom. The number of fused-ring (bicyclic) bond motifs is 1. The molecule has 0 radical (unpaired) electrons. The molecule has 148 valence electrons. The fraction of sp³-hybridized carbons (Fsp3) is 0.450. The Morgan fingerprint density at radius 1 is 1.18 bits per heavy atom. The lowest BCUT2D eigenvalue weighted by Gasteiger charge is -2.35. The van der Waals surface area contributed by atoms with Gasteiger partial charge in [-0.3, -0.25) is 14.5 Å². The Hall–Kier alpha value is -2.87. The number of para-hydroxylation sites is 2. The van der Waals surface area contributed by atoms with Crippen molar-refractivity contribution in [3.63, 3.8) is 0 Å². The maximum absolute atomic E-state index is 12.6. The Morgan fingerprint density at radius 3 is 2.71 bits per heavy atom. The molecular formula is C20H24N4O4. The smallest absolute Gasteiger partial charge is 0.265 e. The van der Waals surface area contributed by atoms with E-state index in [-0.39, 0.29) is 18.4 Å². The lowest BCUT2D eigenvalue weighted by molar-refractivity contribution is -0.132. The number of carbonyl (C=O) groups excluding carboxylic acids is 2. The van der Waals surface area contributed by atoms with E-state index in [4.69, 9.17) is 9.26 Å². The van der Waals surface area contributed by atoms with Gasteiger partial charge in [0.25, 0.3) is 5.91 Å². The zero-order chi connectivity index (χ0) is 19.5. The number of amides is 2. The van der Waals surface area contributed by atoms with E-state index < -0.39 is 0 Å². The Kier molecular flexibility index (Phi) is 5.29. The van der Waals surface area contributed by atoms with Crippen LogP contribution in [0.4, 0.5) is 5.69 Å². The average molecular weight is 384 g/mol. The number of carbonyl (C=O) groups is 2. The number of piperazine rings is 1. The minimum absolute atomic E-state index is 0.0188. The van der Waals surface area contributed by atoms with Gasteiger partial charge in [-0.15, -0.1) is 0 Å². The summed E-state index contributed by atoms with van der Waals surface area (Å²) in [6.45, 7) is 5.96. The first-order valence-electron chi connectivity index (χ1n) is 9.54. The third-order valence-corrected chi connectivity index (χ3v) is 5.14. The molecule has 8 heteroatoms. The molecule has 1 fully saturated rings. The first kappa shape index (κ1) is 18.5. The summed E-state index contributed by atoms with van der Waals surface area (Å²) in [6.07, 6.45) is 0.307. The molecule has 0 aliphatic carbocycles. The van der Waals surface area contributed by atoms with Crippen LogP contribution in [0.15, 0.2) is 34.9 Å². The first-order chi connectivity index (χ1) is 13.6. The van der Waals surface area contributed by atoms with Gasteiger partial charge in [-0.1, -0.05) is 17.3 Å². The molecule has 2 aliphatic rings. The molecule has 1 saturated heterocycles. The average Bonchev–Trinajstić information content (AvgIpc) is 3.12. The van der Waals surface area contributed by atoms with Gasteiger partial charge >= 0.3 is 0 Å². The summed E-state index contributed by atoms with van der Waals surface area (Å²) in [5.41, 5.74) is 1.61. The van der Waals surface area contributed by atoms with Crippen LogP contribution in [0.2, 0.25) is 0 Å². The van der Waals surface area contributed by atoms with Gasteiger partial charge in [0.1, 0.15) is 5.75 Å². The molecular weight excluding hydrogens is 360 g/mol. The van der Waals surface area contributed by atoms with Crippen LogP contribution < -0.4 is 9.64 Å². The summed E-state index contributed by atoms with van der Waals surface area (Å²) in [5.74, 6) is 1.50. The maximum Gasteiger partial charge on any atom is 0.265 e. The highest BCUT2D eigenvalue weighted by Crippen LogP contribution is 2.31. The van der Waals surface area contributed by atoms with Crippen molar-refractivity contribution in [2.24, 2.45) is 0 Å². The number of aromatic nitrogens is 1. The molecule has 4 rings (SSSR count). The summed E-state index contributed by atoms with van der Waals surface area (Å²) < 4.78 is 10.7. The van der Waals surface area contributed by atoms with Crippen molar-refractivity contribution in [1.29, 1.82) is 0 Å². The lowest BCUT2D eigenvalue weighted by atomic mass is 10.2. The van der Waals surface area contributed by atoms with Crippen molar-refractivity contribution >= 4 is 17.5 Å². The second kappa shape index (κ2) is 8.02. The second-order valence-electron chi connectivity index (χ2n) is 7.14.